The van der Waals surface area contributed by atoms with Crippen LogP contribution in [0.3, 0.4) is 0 Å². The zero-order valence-corrected chi connectivity index (χ0v) is 12.8. The van der Waals surface area contributed by atoms with Crippen LogP contribution in [0.1, 0.15) is 47.0 Å². The van der Waals surface area contributed by atoms with Crippen LogP contribution in [0, 0.1) is 17.6 Å². The van der Waals surface area contributed by atoms with Crippen molar-refractivity contribution in [3.8, 4) is 0 Å². The molecule has 114 valence electrons. The third kappa shape index (κ3) is 5.31. The average Bonchev–Trinajstić information content (AvgIpc) is 2.35. The molecule has 0 aliphatic carbocycles. The zero-order chi connectivity index (χ0) is 15.1. The van der Waals surface area contributed by atoms with Gasteiger partial charge in [-0.25, -0.2) is 13.8 Å². The van der Waals surface area contributed by atoms with Gasteiger partial charge in [0.1, 0.15) is 0 Å². The van der Waals surface area contributed by atoms with Gasteiger partial charge in [0.2, 0.25) is 0 Å². The summed E-state index contributed by atoms with van der Waals surface area (Å²) in [6, 6.07) is 0.976. The van der Waals surface area contributed by atoms with Crippen LogP contribution in [-0.4, -0.2) is 17.6 Å². The predicted molar refractivity (Wildman–Crippen MR) is 80.1 cm³/mol. The summed E-state index contributed by atoms with van der Waals surface area (Å²) in [5.74, 6) is -0.448. The van der Waals surface area contributed by atoms with Crippen LogP contribution in [0.25, 0.3) is 0 Å². The summed E-state index contributed by atoms with van der Waals surface area (Å²) in [6.45, 7) is 8.73. The topological polar surface area (TPSA) is 37.0 Å². The molecule has 3 nitrogen and oxygen atoms in total. The molecule has 1 rings (SSSR count). The van der Waals surface area contributed by atoms with Crippen LogP contribution in [0.4, 0.5) is 20.4 Å². The number of anilines is 2. The van der Waals surface area contributed by atoms with E-state index in [0.717, 1.165) is 25.3 Å². The fourth-order valence-electron chi connectivity index (χ4n) is 2.00. The third-order valence-corrected chi connectivity index (χ3v) is 3.08. The highest BCUT2D eigenvalue weighted by atomic mass is 19.1. The minimum absolute atomic E-state index is 0.0887. The quantitative estimate of drug-likeness (QED) is 0.742. The molecule has 0 aliphatic rings. The Morgan fingerprint density at radius 1 is 1.10 bits per heavy atom. The maximum absolute atomic E-state index is 13.7. The second kappa shape index (κ2) is 8.02. The first-order chi connectivity index (χ1) is 9.43. The van der Waals surface area contributed by atoms with E-state index < -0.39 is 11.6 Å². The highest BCUT2D eigenvalue weighted by molar-refractivity contribution is 5.47. The maximum Gasteiger partial charge on any atom is 0.168 e. The van der Waals surface area contributed by atoms with Crippen LogP contribution in [0.15, 0.2) is 6.07 Å². The van der Waals surface area contributed by atoms with Crippen molar-refractivity contribution in [2.45, 2.75) is 53.0 Å². The van der Waals surface area contributed by atoms with Gasteiger partial charge in [0.15, 0.2) is 23.3 Å². The Morgan fingerprint density at radius 3 is 2.35 bits per heavy atom. The van der Waals surface area contributed by atoms with Crippen molar-refractivity contribution in [2.75, 3.05) is 17.2 Å². The molecule has 1 heterocycles. The van der Waals surface area contributed by atoms with E-state index in [2.05, 4.69) is 29.5 Å². The highest BCUT2D eigenvalue weighted by Crippen LogP contribution is 2.20. The van der Waals surface area contributed by atoms with Crippen molar-refractivity contribution in [1.82, 2.24) is 4.98 Å². The molecule has 1 unspecified atom stereocenters. The summed E-state index contributed by atoms with van der Waals surface area (Å²) < 4.78 is 27.1. The normalized spacial score (nSPS) is 12.6. The van der Waals surface area contributed by atoms with Gasteiger partial charge in [-0.3, -0.25) is 0 Å². The molecule has 0 amide bonds. The zero-order valence-electron chi connectivity index (χ0n) is 12.8. The van der Waals surface area contributed by atoms with Crippen molar-refractivity contribution in [1.29, 1.82) is 0 Å². The van der Waals surface area contributed by atoms with Crippen molar-refractivity contribution in [2.24, 2.45) is 5.92 Å². The van der Waals surface area contributed by atoms with Gasteiger partial charge in [0.25, 0.3) is 0 Å². The Bertz CT molecular complexity index is 422. The van der Waals surface area contributed by atoms with Crippen molar-refractivity contribution >= 4 is 11.6 Å². The Hall–Kier alpha value is -1.39. The number of hydrogen-bond donors (Lipinski definition) is 2. The molecule has 1 aromatic rings. The third-order valence-electron chi connectivity index (χ3n) is 3.08. The molecule has 0 saturated heterocycles. The lowest BCUT2D eigenvalue weighted by Crippen LogP contribution is -2.18. The first kappa shape index (κ1) is 16.7. The molecule has 0 radical (unpaired) electrons. The molecule has 1 aromatic heterocycles. The first-order valence-electron chi connectivity index (χ1n) is 7.30. The number of aromatic nitrogens is 1. The maximum atomic E-state index is 13.7. The van der Waals surface area contributed by atoms with Crippen LogP contribution in [0.2, 0.25) is 0 Å². The number of rotatable bonds is 8. The van der Waals surface area contributed by atoms with Gasteiger partial charge in [-0.05, 0) is 26.2 Å². The molecule has 20 heavy (non-hydrogen) atoms. The average molecular weight is 285 g/mol. The van der Waals surface area contributed by atoms with Gasteiger partial charge in [-0.15, -0.1) is 0 Å². The van der Waals surface area contributed by atoms with E-state index >= 15 is 0 Å². The van der Waals surface area contributed by atoms with Crippen LogP contribution < -0.4 is 10.6 Å². The smallest absolute Gasteiger partial charge is 0.168 e. The van der Waals surface area contributed by atoms with E-state index in [1.165, 1.54) is 0 Å². The Morgan fingerprint density at radius 2 is 1.75 bits per heavy atom. The van der Waals surface area contributed by atoms with Crippen LogP contribution >= 0.6 is 0 Å². The lowest BCUT2D eigenvalue weighted by Gasteiger charge is -2.16. The standard InChI is InChI=1S/C15H25F2N3/c1-5-18-14-12(16)9-13(17)15(20-14)19-11(4)8-6-7-10(2)3/h9-11H,5-8H2,1-4H3,(H2,18,19,20). The number of pyridine rings is 1. The van der Waals surface area contributed by atoms with E-state index in [9.17, 15) is 8.78 Å². The molecule has 0 aromatic carbocycles. The summed E-state index contributed by atoms with van der Waals surface area (Å²) in [6.07, 6.45) is 3.16. The summed E-state index contributed by atoms with van der Waals surface area (Å²) in [5.41, 5.74) is 0. The van der Waals surface area contributed by atoms with Gasteiger partial charge in [0.05, 0.1) is 0 Å². The van der Waals surface area contributed by atoms with E-state index in [1.54, 1.807) is 0 Å². The van der Waals surface area contributed by atoms with Crippen molar-refractivity contribution in [3.05, 3.63) is 17.7 Å². The van der Waals surface area contributed by atoms with Gasteiger partial charge in [0, 0.05) is 18.7 Å². The van der Waals surface area contributed by atoms with Crippen LogP contribution in [0.5, 0.6) is 0 Å². The molecule has 0 fully saturated rings. The second-order valence-corrected chi connectivity index (χ2v) is 5.55. The summed E-state index contributed by atoms with van der Waals surface area (Å²) >= 11 is 0. The van der Waals surface area contributed by atoms with Gasteiger partial charge >= 0.3 is 0 Å². The number of halogens is 2. The number of nitrogens with zero attached hydrogens (tertiary/aromatic N) is 1. The molecule has 0 bridgehead atoms. The van der Waals surface area contributed by atoms with E-state index in [0.29, 0.717) is 12.5 Å². The van der Waals surface area contributed by atoms with Gasteiger partial charge in [-0.2, -0.15) is 0 Å². The minimum atomic E-state index is -0.664. The Kier molecular flexibility index (Phi) is 6.68. The fraction of sp³-hybridized carbons (Fsp3) is 0.667. The monoisotopic (exact) mass is 285 g/mol. The number of nitrogens with one attached hydrogen (secondary N) is 2. The highest BCUT2D eigenvalue weighted by Gasteiger charge is 2.13. The van der Waals surface area contributed by atoms with E-state index in [-0.39, 0.29) is 17.7 Å². The molecule has 0 spiro atoms. The van der Waals surface area contributed by atoms with E-state index in [1.807, 2.05) is 13.8 Å². The summed E-state index contributed by atoms with van der Waals surface area (Å²) in [5, 5.41) is 5.80. The van der Waals surface area contributed by atoms with E-state index in [4.69, 9.17) is 0 Å². The second-order valence-electron chi connectivity index (χ2n) is 5.55. The van der Waals surface area contributed by atoms with Crippen molar-refractivity contribution in [3.63, 3.8) is 0 Å². The molecule has 0 aliphatic heterocycles. The predicted octanol–water partition coefficient (Wildman–Crippen LogP) is 4.42. The first-order valence-corrected chi connectivity index (χ1v) is 7.30. The van der Waals surface area contributed by atoms with Gasteiger partial charge in [-0.1, -0.05) is 26.7 Å². The molecule has 1 atom stereocenters. The fourth-order valence-corrected chi connectivity index (χ4v) is 2.00. The molecular formula is C15H25F2N3. The van der Waals surface area contributed by atoms with Gasteiger partial charge < -0.3 is 10.6 Å². The number of hydrogen-bond acceptors (Lipinski definition) is 3. The van der Waals surface area contributed by atoms with Crippen molar-refractivity contribution < 1.29 is 8.78 Å². The Labute approximate surface area is 120 Å². The largest absolute Gasteiger partial charge is 0.368 e. The van der Waals surface area contributed by atoms with Crippen LogP contribution in [-0.2, 0) is 0 Å². The molecular weight excluding hydrogens is 260 g/mol. The minimum Gasteiger partial charge on any atom is -0.368 e. The molecule has 5 heteroatoms. The lowest BCUT2D eigenvalue weighted by molar-refractivity contribution is 0.517. The lowest BCUT2D eigenvalue weighted by atomic mass is 10.0. The molecule has 0 saturated carbocycles. The summed E-state index contributed by atoms with van der Waals surface area (Å²) in [7, 11) is 0. The Balaban J connectivity index is 2.64. The molecule has 2 N–H and O–H groups in total. The summed E-state index contributed by atoms with van der Waals surface area (Å²) in [4.78, 5) is 3.97. The SMILES string of the molecule is CCNc1nc(NC(C)CCCC(C)C)c(F)cc1F.